The highest BCUT2D eigenvalue weighted by Crippen LogP contribution is 2.22. The maximum Gasteiger partial charge on any atom is 0.358 e. The molecule has 0 unspecified atom stereocenters. The number of fused-ring (bicyclic) bond motifs is 1. The quantitative estimate of drug-likeness (QED) is 0.794. The number of aromatic nitrogens is 4. The predicted molar refractivity (Wildman–Crippen MR) is 79.1 cm³/mol. The van der Waals surface area contributed by atoms with Crippen LogP contribution in [0.2, 0.25) is 0 Å². The number of aromatic carboxylic acids is 1. The molecule has 0 atom stereocenters. The average molecular weight is 298 g/mol. The summed E-state index contributed by atoms with van der Waals surface area (Å²) in [5.41, 5.74) is 2.43. The number of hydrogen-bond acceptors (Lipinski definition) is 5. The Morgan fingerprint density at radius 1 is 1.27 bits per heavy atom. The monoisotopic (exact) mass is 298 g/mol. The molecule has 22 heavy (non-hydrogen) atoms. The molecule has 0 spiro atoms. The van der Waals surface area contributed by atoms with Crippen LogP contribution >= 0.6 is 0 Å². The third-order valence-electron chi connectivity index (χ3n) is 3.27. The Balaban J connectivity index is 2.05. The van der Waals surface area contributed by atoms with Gasteiger partial charge in [0, 0.05) is 11.6 Å². The van der Waals surface area contributed by atoms with Gasteiger partial charge in [0.25, 0.3) is 0 Å². The van der Waals surface area contributed by atoms with E-state index in [-0.39, 0.29) is 5.69 Å². The van der Waals surface area contributed by atoms with Gasteiger partial charge >= 0.3 is 5.97 Å². The van der Waals surface area contributed by atoms with Gasteiger partial charge in [-0.3, -0.25) is 0 Å². The lowest BCUT2D eigenvalue weighted by atomic mass is 10.1. The number of nitrogens with zero attached hydrogens (tertiary/aromatic N) is 4. The lowest BCUT2D eigenvalue weighted by Crippen LogP contribution is -2.10. The molecule has 0 aliphatic rings. The maximum atomic E-state index is 11.1. The standard InChI is InChI=1S/C15H14N4O3/c1-3-22-11-6-4-10(5-7-11)12-8-13-16-17-14(15(20)21)9(2)19(13)18-12/h4-8H,3H2,1-2H3,(H,20,21). The van der Waals surface area contributed by atoms with Gasteiger partial charge in [-0.2, -0.15) is 5.10 Å². The van der Waals surface area contributed by atoms with Crippen LogP contribution in [0.1, 0.15) is 23.1 Å². The lowest BCUT2D eigenvalue weighted by molar-refractivity contribution is 0.0687. The minimum Gasteiger partial charge on any atom is -0.494 e. The van der Waals surface area contributed by atoms with Crippen LogP contribution in [-0.4, -0.2) is 37.5 Å². The second-order valence-corrected chi connectivity index (χ2v) is 4.70. The first-order chi connectivity index (χ1) is 10.6. The van der Waals surface area contributed by atoms with Crippen molar-refractivity contribution in [2.45, 2.75) is 13.8 Å². The van der Waals surface area contributed by atoms with Crippen LogP contribution in [0.25, 0.3) is 16.9 Å². The molecule has 3 rings (SSSR count). The Kier molecular flexibility index (Phi) is 3.46. The van der Waals surface area contributed by atoms with Crippen molar-refractivity contribution in [1.82, 2.24) is 19.8 Å². The summed E-state index contributed by atoms with van der Waals surface area (Å²) >= 11 is 0. The van der Waals surface area contributed by atoms with E-state index < -0.39 is 5.97 Å². The third-order valence-corrected chi connectivity index (χ3v) is 3.27. The lowest BCUT2D eigenvalue weighted by Gasteiger charge is -2.03. The highest BCUT2D eigenvalue weighted by atomic mass is 16.5. The number of carbonyl (C=O) groups is 1. The van der Waals surface area contributed by atoms with Gasteiger partial charge in [-0.1, -0.05) is 0 Å². The van der Waals surface area contributed by atoms with Crippen LogP contribution in [0.5, 0.6) is 5.75 Å². The van der Waals surface area contributed by atoms with Gasteiger partial charge in [-0.15, -0.1) is 10.2 Å². The van der Waals surface area contributed by atoms with Crippen molar-refractivity contribution in [3.8, 4) is 17.0 Å². The second-order valence-electron chi connectivity index (χ2n) is 4.70. The molecule has 0 saturated carbocycles. The van der Waals surface area contributed by atoms with Crippen LogP contribution in [0.3, 0.4) is 0 Å². The van der Waals surface area contributed by atoms with Crippen molar-refractivity contribution in [2.75, 3.05) is 6.61 Å². The number of hydrogen-bond donors (Lipinski definition) is 1. The van der Waals surface area contributed by atoms with Crippen molar-refractivity contribution < 1.29 is 14.6 Å². The summed E-state index contributed by atoms with van der Waals surface area (Å²) in [6.07, 6.45) is 0. The molecule has 1 N–H and O–H groups in total. The summed E-state index contributed by atoms with van der Waals surface area (Å²) in [6, 6.07) is 9.29. The van der Waals surface area contributed by atoms with E-state index in [9.17, 15) is 4.79 Å². The van der Waals surface area contributed by atoms with Gasteiger partial charge in [0.1, 0.15) is 5.75 Å². The van der Waals surface area contributed by atoms with E-state index in [4.69, 9.17) is 9.84 Å². The predicted octanol–water partition coefficient (Wildman–Crippen LogP) is 2.20. The molecule has 0 fully saturated rings. The average Bonchev–Trinajstić information content (AvgIpc) is 2.93. The molecule has 7 nitrogen and oxygen atoms in total. The molecule has 0 amide bonds. The number of aryl methyl sites for hydroxylation is 1. The molecule has 0 saturated heterocycles. The van der Waals surface area contributed by atoms with E-state index in [1.54, 1.807) is 13.0 Å². The highest BCUT2D eigenvalue weighted by molar-refractivity contribution is 5.86. The third kappa shape index (κ3) is 2.37. The van der Waals surface area contributed by atoms with Crippen LogP contribution in [0.15, 0.2) is 30.3 Å². The summed E-state index contributed by atoms with van der Waals surface area (Å²) in [5, 5.41) is 21.1. The number of carboxylic acids is 1. The van der Waals surface area contributed by atoms with Crippen LogP contribution < -0.4 is 4.74 Å². The summed E-state index contributed by atoms with van der Waals surface area (Å²) in [7, 11) is 0. The molecular weight excluding hydrogens is 284 g/mol. The maximum absolute atomic E-state index is 11.1. The fraction of sp³-hybridized carbons (Fsp3) is 0.200. The Labute approximate surface area is 126 Å². The van der Waals surface area contributed by atoms with E-state index in [1.165, 1.54) is 4.52 Å². The van der Waals surface area contributed by atoms with Crippen LogP contribution in [0.4, 0.5) is 0 Å². The molecule has 2 aromatic heterocycles. The molecule has 7 heteroatoms. The molecule has 0 aliphatic carbocycles. The number of benzene rings is 1. The zero-order valence-electron chi connectivity index (χ0n) is 12.1. The van der Waals surface area contributed by atoms with Crippen molar-refractivity contribution in [3.05, 3.63) is 41.7 Å². The normalized spacial score (nSPS) is 10.8. The Bertz CT molecular complexity index is 840. The molecular formula is C15H14N4O3. The summed E-state index contributed by atoms with van der Waals surface area (Å²) in [5.74, 6) is -0.329. The number of rotatable bonds is 4. The number of carboxylic acid groups (broad SMARTS) is 1. The van der Waals surface area contributed by atoms with Crippen LogP contribution in [0, 0.1) is 6.92 Å². The van der Waals surface area contributed by atoms with E-state index in [0.717, 1.165) is 11.3 Å². The van der Waals surface area contributed by atoms with Crippen molar-refractivity contribution >= 4 is 11.6 Å². The summed E-state index contributed by atoms with van der Waals surface area (Å²) < 4.78 is 6.89. The zero-order valence-corrected chi connectivity index (χ0v) is 12.1. The van der Waals surface area contributed by atoms with Gasteiger partial charge in [0.05, 0.1) is 18.0 Å². The van der Waals surface area contributed by atoms with Crippen molar-refractivity contribution in [1.29, 1.82) is 0 Å². The molecule has 0 bridgehead atoms. The molecule has 3 aromatic rings. The van der Waals surface area contributed by atoms with Crippen molar-refractivity contribution in [2.24, 2.45) is 0 Å². The Morgan fingerprint density at radius 2 is 2.00 bits per heavy atom. The fourth-order valence-corrected chi connectivity index (χ4v) is 2.19. The minimum atomic E-state index is -1.12. The van der Waals surface area contributed by atoms with Crippen molar-refractivity contribution in [3.63, 3.8) is 0 Å². The SMILES string of the molecule is CCOc1ccc(-c2cc3nnc(C(=O)O)c(C)n3n2)cc1. The number of ether oxygens (including phenoxy) is 1. The molecule has 1 aromatic carbocycles. The van der Waals surface area contributed by atoms with E-state index in [1.807, 2.05) is 31.2 Å². The van der Waals surface area contributed by atoms with E-state index in [0.29, 0.717) is 23.6 Å². The van der Waals surface area contributed by atoms with E-state index >= 15 is 0 Å². The molecule has 0 aliphatic heterocycles. The molecule has 2 heterocycles. The summed E-state index contributed by atoms with van der Waals surface area (Å²) in [6.45, 7) is 4.19. The summed E-state index contributed by atoms with van der Waals surface area (Å²) in [4.78, 5) is 11.1. The Morgan fingerprint density at radius 3 is 2.64 bits per heavy atom. The zero-order chi connectivity index (χ0) is 15.7. The van der Waals surface area contributed by atoms with Gasteiger partial charge in [-0.25, -0.2) is 9.31 Å². The second kappa shape index (κ2) is 5.44. The van der Waals surface area contributed by atoms with Gasteiger partial charge in [-0.05, 0) is 38.1 Å². The van der Waals surface area contributed by atoms with Gasteiger partial charge in [0.2, 0.25) is 0 Å². The first-order valence-corrected chi connectivity index (χ1v) is 6.79. The minimum absolute atomic E-state index is 0.103. The Hall–Kier alpha value is -2.96. The largest absolute Gasteiger partial charge is 0.494 e. The molecule has 0 radical (unpaired) electrons. The first kappa shape index (κ1) is 14.0. The van der Waals surface area contributed by atoms with Gasteiger partial charge < -0.3 is 9.84 Å². The highest BCUT2D eigenvalue weighted by Gasteiger charge is 2.15. The topological polar surface area (TPSA) is 89.6 Å². The van der Waals surface area contributed by atoms with E-state index in [2.05, 4.69) is 15.3 Å². The fourth-order valence-electron chi connectivity index (χ4n) is 2.19. The first-order valence-electron chi connectivity index (χ1n) is 6.79. The molecule has 112 valence electrons. The smallest absolute Gasteiger partial charge is 0.358 e. The van der Waals surface area contributed by atoms with Gasteiger partial charge in [0.15, 0.2) is 11.3 Å². The van der Waals surface area contributed by atoms with Crippen LogP contribution in [-0.2, 0) is 0 Å².